The molecule has 0 bridgehead atoms. The van der Waals surface area contributed by atoms with Crippen LogP contribution in [0.3, 0.4) is 0 Å². The molecule has 6 nitrogen and oxygen atoms in total. The molecule has 0 aromatic carbocycles. The van der Waals surface area contributed by atoms with Crippen LogP contribution in [0.4, 0.5) is 0 Å². The fourth-order valence-electron chi connectivity index (χ4n) is 2.58. The largest absolute Gasteiger partial charge is 0.379 e. The van der Waals surface area contributed by atoms with Crippen LogP contribution >= 0.6 is 0 Å². The molecule has 1 unspecified atom stereocenters. The molecule has 124 valence electrons. The van der Waals surface area contributed by atoms with E-state index in [4.69, 9.17) is 4.74 Å². The van der Waals surface area contributed by atoms with Crippen LogP contribution in [0.1, 0.15) is 32.6 Å². The van der Waals surface area contributed by atoms with Gasteiger partial charge < -0.3 is 10.1 Å². The van der Waals surface area contributed by atoms with Gasteiger partial charge in [0.1, 0.15) is 0 Å². The standard InChI is InChI=1S/C14H29N3O3S/c1-13(12-17-7-9-20-10-8-17)16-21(18,19)11-3-2-6-15-14-4-5-14/h13-16H,2-12H2,1H3. The number of nitrogens with one attached hydrogen (secondary N) is 2. The van der Waals surface area contributed by atoms with Gasteiger partial charge in [-0.15, -0.1) is 0 Å². The third kappa shape index (κ3) is 7.56. The molecular formula is C14H29N3O3S. The minimum absolute atomic E-state index is 0.0438. The smallest absolute Gasteiger partial charge is 0.211 e. The number of hydrogen-bond donors (Lipinski definition) is 2. The summed E-state index contributed by atoms with van der Waals surface area (Å²) in [5.74, 6) is 0.229. The molecule has 1 heterocycles. The maximum absolute atomic E-state index is 12.0. The number of hydrogen-bond acceptors (Lipinski definition) is 5. The lowest BCUT2D eigenvalue weighted by Gasteiger charge is -2.29. The van der Waals surface area contributed by atoms with Gasteiger partial charge in [0.2, 0.25) is 10.0 Å². The van der Waals surface area contributed by atoms with Crippen LogP contribution in [-0.2, 0) is 14.8 Å². The van der Waals surface area contributed by atoms with Crippen molar-refractivity contribution in [3.05, 3.63) is 0 Å². The van der Waals surface area contributed by atoms with E-state index in [0.29, 0.717) is 6.04 Å². The number of ether oxygens (including phenoxy) is 1. The first-order valence-electron chi connectivity index (χ1n) is 8.09. The molecule has 0 aromatic rings. The molecule has 2 rings (SSSR count). The van der Waals surface area contributed by atoms with Crippen molar-refractivity contribution in [1.29, 1.82) is 0 Å². The Labute approximate surface area is 128 Å². The highest BCUT2D eigenvalue weighted by molar-refractivity contribution is 7.89. The van der Waals surface area contributed by atoms with Gasteiger partial charge >= 0.3 is 0 Å². The fourth-order valence-corrected chi connectivity index (χ4v) is 3.97. The van der Waals surface area contributed by atoms with Crippen molar-refractivity contribution < 1.29 is 13.2 Å². The average molecular weight is 319 g/mol. The van der Waals surface area contributed by atoms with Gasteiger partial charge in [-0.2, -0.15) is 0 Å². The SMILES string of the molecule is CC(CN1CCOCC1)NS(=O)(=O)CCCCNC1CC1. The summed E-state index contributed by atoms with van der Waals surface area (Å²) in [6, 6.07) is 0.658. The van der Waals surface area contributed by atoms with Gasteiger partial charge in [0, 0.05) is 31.7 Å². The van der Waals surface area contributed by atoms with E-state index in [1.165, 1.54) is 12.8 Å². The van der Waals surface area contributed by atoms with Crippen LogP contribution in [0.2, 0.25) is 0 Å². The summed E-state index contributed by atoms with van der Waals surface area (Å²) in [7, 11) is -3.15. The zero-order chi connectivity index (χ0) is 15.1. The van der Waals surface area contributed by atoms with Crippen molar-refractivity contribution >= 4 is 10.0 Å². The lowest BCUT2D eigenvalue weighted by atomic mass is 10.3. The number of unbranched alkanes of at least 4 members (excludes halogenated alkanes) is 1. The van der Waals surface area contributed by atoms with Crippen molar-refractivity contribution in [2.75, 3.05) is 45.1 Å². The van der Waals surface area contributed by atoms with E-state index >= 15 is 0 Å². The summed E-state index contributed by atoms with van der Waals surface area (Å²) in [5.41, 5.74) is 0. The van der Waals surface area contributed by atoms with E-state index in [-0.39, 0.29) is 11.8 Å². The quantitative estimate of drug-likeness (QED) is 0.561. The highest BCUT2D eigenvalue weighted by Gasteiger charge is 2.20. The summed E-state index contributed by atoms with van der Waals surface area (Å²) in [4.78, 5) is 2.25. The minimum Gasteiger partial charge on any atom is -0.379 e. The molecule has 1 saturated carbocycles. The van der Waals surface area contributed by atoms with Crippen molar-refractivity contribution in [2.45, 2.75) is 44.7 Å². The van der Waals surface area contributed by atoms with Gasteiger partial charge in [-0.3, -0.25) is 4.90 Å². The molecule has 2 N–H and O–H groups in total. The molecule has 21 heavy (non-hydrogen) atoms. The first-order valence-corrected chi connectivity index (χ1v) is 9.74. The van der Waals surface area contributed by atoms with Crippen molar-refractivity contribution in [2.24, 2.45) is 0 Å². The molecule has 1 aliphatic heterocycles. The molecule has 0 radical (unpaired) electrons. The maximum Gasteiger partial charge on any atom is 0.211 e. The van der Waals surface area contributed by atoms with E-state index in [9.17, 15) is 8.42 Å². The Morgan fingerprint density at radius 3 is 2.62 bits per heavy atom. The molecule has 7 heteroatoms. The number of nitrogens with zero attached hydrogens (tertiary/aromatic N) is 1. The Bertz CT molecular complexity index is 392. The Balaban J connectivity index is 1.57. The third-order valence-electron chi connectivity index (χ3n) is 3.87. The number of sulfonamides is 1. The van der Waals surface area contributed by atoms with E-state index in [1.807, 2.05) is 6.92 Å². The normalized spacial score (nSPS) is 22.3. The van der Waals surface area contributed by atoms with Gasteiger partial charge in [-0.05, 0) is 39.2 Å². The average Bonchev–Trinajstić information content (AvgIpc) is 3.22. The van der Waals surface area contributed by atoms with Crippen LogP contribution < -0.4 is 10.0 Å². The molecule has 0 spiro atoms. The summed E-state index contributed by atoms with van der Waals surface area (Å²) in [6.45, 7) is 6.88. The van der Waals surface area contributed by atoms with Gasteiger partial charge in [0.25, 0.3) is 0 Å². The molecule has 0 aromatic heterocycles. The minimum atomic E-state index is -3.15. The topological polar surface area (TPSA) is 70.7 Å². The monoisotopic (exact) mass is 319 g/mol. The van der Waals surface area contributed by atoms with Crippen LogP contribution in [-0.4, -0.2) is 70.5 Å². The summed E-state index contributed by atoms with van der Waals surface area (Å²) >= 11 is 0. The Morgan fingerprint density at radius 2 is 1.95 bits per heavy atom. The van der Waals surface area contributed by atoms with Crippen molar-refractivity contribution in [3.8, 4) is 0 Å². The van der Waals surface area contributed by atoms with E-state index < -0.39 is 10.0 Å². The Morgan fingerprint density at radius 1 is 1.24 bits per heavy atom. The second-order valence-electron chi connectivity index (χ2n) is 6.19. The highest BCUT2D eigenvalue weighted by Crippen LogP contribution is 2.18. The summed E-state index contributed by atoms with van der Waals surface area (Å²) < 4.78 is 32.1. The van der Waals surface area contributed by atoms with E-state index in [2.05, 4.69) is 14.9 Å². The lowest BCUT2D eigenvalue weighted by molar-refractivity contribution is 0.0354. The number of morpholine rings is 1. The maximum atomic E-state index is 12.0. The van der Waals surface area contributed by atoms with Crippen LogP contribution in [0.5, 0.6) is 0 Å². The van der Waals surface area contributed by atoms with Crippen molar-refractivity contribution in [3.63, 3.8) is 0 Å². The third-order valence-corrected chi connectivity index (χ3v) is 5.45. The molecular weight excluding hydrogens is 290 g/mol. The first-order chi connectivity index (χ1) is 10.1. The van der Waals surface area contributed by atoms with E-state index in [0.717, 1.165) is 52.2 Å². The van der Waals surface area contributed by atoms with E-state index in [1.54, 1.807) is 0 Å². The predicted octanol–water partition coefficient (Wildman–Crippen LogP) is 0.159. The molecule has 1 saturated heterocycles. The van der Waals surface area contributed by atoms with Crippen LogP contribution in [0.15, 0.2) is 0 Å². The van der Waals surface area contributed by atoms with Gasteiger partial charge in [0.05, 0.1) is 19.0 Å². The second kappa shape index (κ2) is 8.43. The molecule has 2 aliphatic rings. The van der Waals surface area contributed by atoms with Crippen molar-refractivity contribution in [1.82, 2.24) is 14.9 Å². The zero-order valence-electron chi connectivity index (χ0n) is 13.0. The molecule has 0 amide bonds. The molecule has 1 atom stereocenters. The van der Waals surface area contributed by atoms with Gasteiger partial charge in [0.15, 0.2) is 0 Å². The van der Waals surface area contributed by atoms with Crippen LogP contribution in [0, 0.1) is 0 Å². The zero-order valence-corrected chi connectivity index (χ0v) is 13.8. The van der Waals surface area contributed by atoms with Gasteiger partial charge in [-0.1, -0.05) is 0 Å². The first kappa shape index (κ1) is 17.1. The predicted molar refractivity (Wildman–Crippen MR) is 83.9 cm³/mol. The summed E-state index contributed by atoms with van der Waals surface area (Å²) in [6.07, 6.45) is 4.20. The number of rotatable bonds is 10. The van der Waals surface area contributed by atoms with Gasteiger partial charge in [-0.25, -0.2) is 13.1 Å². The fraction of sp³-hybridized carbons (Fsp3) is 1.00. The second-order valence-corrected chi connectivity index (χ2v) is 8.06. The van der Waals surface area contributed by atoms with Crippen LogP contribution in [0.25, 0.3) is 0 Å². The Kier molecular flexibility index (Phi) is 6.88. The summed E-state index contributed by atoms with van der Waals surface area (Å²) in [5, 5.41) is 3.40. The Hall–Kier alpha value is -0.210. The highest BCUT2D eigenvalue weighted by atomic mass is 32.2. The molecule has 2 fully saturated rings. The molecule has 1 aliphatic carbocycles. The lowest BCUT2D eigenvalue weighted by Crippen LogP contribution is -2.46.